The molecule has 0 radical (unpaired) electrons. The fourth-order valence-corrected chi connectivity index (χ4v) is 9.64. The quantitative estimate of drug-likeness (QED) is 0.0866. The molecule has 0 aromatic heterocycles. The highest BCUT2D eigenvalue weighted by molar-refractivity contribution is 6.58. The van der Waals surface area contributed by atoms with Crippen LogP contribution in [0.2, 0.25) is 0 Å². The van der Waals surface area contributed by atoms with Gasteiger partial charge >= 0.3 is 0 Å². The molecule has 16 heteroatoms. The van der Waals surface area contributed by atoms with E-state index in [0.29, 0.717) is 31.9 Å². The molecule has 3 aromatic carbocycles. The summed E-state index contributed by atoms with van der Waals surface area (Å²) >= 11 is 14.3. The van der Waals surface area contributed by atoms with Crippen LogP contribution in [0.25, 0.3) is 0 Å². The summed E-state index contributed by atoms with van der Waals surface area (Å²) in [5.74, 6) is -21.9. The van der Waals surface area contributed by atoms with Gasteiger partial charge in [0.15, 0.2) is 33.0 Å². The van der Waals surface area contributed by atoms with Crippen LogP contribution in [0.15, 0.2) is 54.1 Å². The molecular formula is C37H28Cl2F5N3O6. The van der Waals surface area contributed by atoms with E-state index in [2.05, 4.69) is 4.90 Å². The van der Waals surface area contributed by atoms with E-state index in [4.69, 9.17) is 27.9 Å². The average Bonchev–Trinajstić information content (AvgIpc) is 3.49. The van der Waals surface area contributed by atoms with Crippen LogP contribution in [-0.4, -0.2) is 64.8 Å². The van der Waals surface area contributed by atoms with E-state index >= 15 is 8.78 Å². The lowest BCUT2D eigenvalue weighted by atomic mass is 9.56. The lowest BCUT2D eigenvalue weighted by molar-refractivity contribution is -0.125. The topological polar surface area (TPSA) is 107 Å². The summed E-state index contributed by atoms with van der Waals surface area (Å²) in [6.07, 6.45) is 0.902. The molecule has 2 aliphatic carbocycles. The molecular weight excluding hydrogens is 748 g/mol. The molecule has 3 saturated heterocycles. The molecule has 3 aliphatic heterocycles. The molecule has 4 amide bonds. The number of halogens is 7. The highest BCUT2D eigenvalue weighted by Crippen LogP contribution is 2.67. The van der Waals surface area contributed by atoms with E-state index in [1.807, 2.05) is 0 Å². The van der Waals surface area contributed by atoms with Crippen molar-refractivity contribution in [2.24, 2.45) is 17.8 Å². The number of allylic oxidation sites excluding steroid dienone is 2. The number of ether oxygens (including phenoxy) is 1. The number of hydrogen-bond acceptors (Lipinski definition) is 7. The van der Waals surface area contributed by atoms with Gasteiger partial charge in [0.25, 0.3) is 11.8 Å². The van der Waals surface area contributed by atoms with Crippen molar-refractivity contribution in [2.45, 2.75) is 35.4 Å². The minimum absolute atomic E-state index is 0.0295. The number of nitrogens with zero attached hydrogens (tertiary/aromatic N) is 3. The van der Waals surface area contributed by atoms with Crippen LogP contribution >= 0.6 is 23.2 Å². The van der Waals surface area contributed by atoms with Gasteiger partial charge < -0.3 is 14.7 Å². The van der Waals surface area contributed by atoms with Crippen molar-refractivity contribution in [3.8, 4) is 5.75 Å². The number of phenols is 1. The number of hydrogen-bond donors (Lipinski definition) is 1. The van der Waals surface area contributed by atoms with E-state index in [1.54, 1.807) is 30.3 Å². The molecule has 8 rings (SSSR count). The van der Waals surface area contributed by atoms with Gasteiger partial charge in [-0.2, -0.15) is 0 Å². The normalized spacial score (nSPS) is 29.7. The summed E-state index contributed by atoms with van der Waals surface area (Å²) in [4.78, 5) is 54.6. The number of fused-ring (bicyclic) bond motifs is 4. The Hall–Kier alpha value is -4.53. The molecule has 9 nitrogen and oxygen atoms in total. The van der Waals surface area contributed by atoms with Gasteiger partial charge in [-0.3, -0.25) is 24.1 Å². The van der Waals surface area contributed by atoms with Crippen molar-refractivity contribution in [3.63, 3.8) is 0 Å². The third-order valence-corrected chi connectivity index (χ3v) is 12.7. The van der Waals surface area contributed by atoms with Crippen molar-refractivity contribution >= 4 is 63.9 Å². The maximum Gasteiger partial charge on any atom is 0.258 e. The fraction of sp³-hybridized carbons (Fsp3) is 0.351. The smallest absolute Gasteiger partial charge is 0.258 e. The number of rotatable bonds is 4. The molecule has 4 fully saturated rings. The number of anilines is 3. The highest BCUT2D eigenvalue weighted by atomic mass is 35.5. The lowest BCUT2D eigenvalue weighted by Gasteiger charge is -2.50. The Morgan fingerprint density at radius 2 is 1.38 bits per heavy atom. The van der Waals surface area contributed by atoms with E-state index in [-0.39, 0.29) is 33.9 Å². The molecule has 276 valence electrons. The van der Waals surface area contributed by atoms with Gasteiger partial charge in [-0.25, -0.2) is 26.9 Å². The standard InChI is InChI=1S/C37H28Cl2F5N3O6/c1-16-3-2-4-21(31(16)48)24-19-9-10-20-23(33(50)46(32(20)49)18-7-5-17(6-8-18)45-11-13-53-14-12-45)22(19)15-36(38)34(51)47(35(52)37(24,36)39)30-28(43)26(41)25(40)27(42)29(30)44/h2-9,20,22-24,48H,10-15H2,1H3. The summed E-state index contributed by atoms with van der Waals surface area (Å²) in [6.45, 7) is 3.94. The Morgan fingerprint density at radius 3 is 2.02 bits per heavy atom. The number of para-hydroxylation sites is 1. The summed E-state index contributed by atoms with van der Waals surface area (Å²) in [6, 6.07) is 11.2. The van der Waals surface area contributed by atoms with Crippen LogP contribution < -0.4 is 14.7 Å². The van der Waals surface area contributed by atoms with Gasteiger partial charge in [0.05, 0.1) is 30.7 Å². The molecule has 6 atom stereocenters. The van der Waals surface area contributed by atoms with Gasteiger partial charge in [0.1, 0.15) is 11.4 Å². The maximum absolute atomic E-state index is 15.3. The van der Waals surface area contributed by atoms with Gasteiger partial charge in [-0.05, 0) is 55.5 Å². The molecule has 1 N–H and O–H groups in total. The Balaban J connectivity index is 1.25. The number of carbonyl (C=O) groups excluding carboxylic acids is 4. The van der Waals surface area contributed by atoms with Crippen molar-refractivity contribution in [1.82, 2.24) is 0 Å². The van der Waals surface area contributed by atoms with Crippen molar-refractivity contribution < 1.29 is 51.0 Å². The van der Waals surface area contributed by atoms with E-state index < -0.39 is 98.2 Å². The van der Waals surface area contributed by atoms with Gasteiger partial charge in [-0.1, -0.05) is 29.8 Å². The molecule has 3 heterocycles. The van der Waals surface area contributed by atoms with Gasteiger partial charge in [-0.15, -0.1) is 23.2 Å². The summed E-state index contributed by atoms with van der Waals surface area (Å²) in [7, 11) is 0. The number of imide groups is 2. The number of aryl methyl sites for hydroxylation is 1. The third-order valence-electron chi connectivity index (χ3n) is 11.3. The second kappa shape index (κ2) is 12.3. The number of morpholine rings is 1. The molecule has 0 spiro atoms. The van der Waals surface area contributed by atoms with Crippen LogP contribution in [-0.2, 0) is 23.9 Å². The predicted octanol–water partition coefficient (Wildman–Crippen LogP) is 6.00. The zero-order valence-corrected chi connectivity index (χ0v) is 29.2. The van der Waals surface area contributed by atoms with Gasteiger partial charge in [0, 0.05) is 30.3 Å². The lowest BCUT2D eigenvalue weighted by Crippen LogP contribution is -2.60. The largest absolute Gasteiger partial charge is 0.507 e. The van der Waals surface area contributed by atoms with Crippen molar-refractivity contribution in [3.05, 3.63) is 94.3 Å². The van der Waals surface area contributed by atoms with Crippen LogP contribution in [0, 0.1) is 53.8 Å². The SMILES string of the molecule is Cc1cccc(C2C3=CCC4C(=O)N(c5ccc(N6CCOCC6)cc5)C(=O)C4C3CC3(Cl)C(=O)N(c4c(F)c(F)c(F)c(F)c4F)C(=O)C23Cl)c1O. The Bertz CT molecular complexity index is 2150. The molecule has 6 unspecified atom stereocenters. The van der Waals surface area contributed by atoms with E-state index in [1.165, 1.54) is 25.1 Å². The monoisotopic (exact) mass is 775 g/mol. The fourth-order valence-electron chi connectivity index (χ4n) is 8.72. The Labute approximate surface area is 308 Å². The first-order valence-corrected chi connectivity index (χ1v) is 17.5. The number of phenolic OH excluding ortho intramolecular Hbond substituents is 1. The minimum Gasteiger partial charge on any atom is -0.507 e. The van der Waals surface area contributed by atoms with Crippen LogP contribution in [0.4, 0.5) is 39.0 Å². The Morgan fingerprint density at radius 1 is 0.774 bits per heavy atom. The zero-order chi connectivity index (χ0) is 37.9. The van der Waals surface area contributed by atoms with Crippen molar-refractivity contribution in [2.75, 3.05) is 41.0 Å². The van der Waals surface area contributed by atoms with Crippen LogP contribution in [0.3, 0.4) is 0 Å². The Kier molecular flexibility index (Phi) is 8.21. The third kappa shape index (κ3) is 4.70. The van der Waals surface area contributed by atoms with Crippen molar-refractivity contribution in [1.29, 1.82) is 0 Å². The number of aromatic hydroxyl groups is 1. The molecule has 53 heavy (non-hydrogen) atoms. The first kappa shape index (κ1) is 35.5. The molecule has 5 aliphatic rings. The molecule has 0 bridgehead atoms. The summed E-state index contributed by atoms with van der Waals surface area (Å²) in [5.41, 5.74) is -0.237. The average molecular weight is 777 g/mol. The predicted molar refractivity (Wildman–Crippen MR) is 181 cm³/mol. The first-order chi connectivity index (χ1) is 25.1. The van der Waals surface area contributed by atoms with Crippen LogP contribution in [0.5, 0.6) is 5.75 Å². The second-order valence-electron chi connectivity index (χ2n) is 13.8. The minimum atomic E-state index is -2.73. The number of carbonyl (C=O) groups is 4. The van der Waals surface area contributed by atoms with Crippen LogP contribution in [0.1, 0.15) is 29.9 Å². The number of amides is 4. The number of benzene rings is 3. The summed E-state index contributed by atoms with van der Waals surface area (Å²) in [5, 5.41) is 11.3. The summed E-state index contributed by atoms with van der Waals surface area (Å²) < 4.78 is 79.0. The van der Waals surface area contributed by atoms with Gasteiger partial charge in [0.2, 0.25) is 17.6 Å². The second-order valence-corrected chi connectivity index (χ2v) is 15.1. The first-order valence-electron chi connectivity index (χ1n) is 16.7. The molecule has 3 aromatic rings. The highest BCUT2D eigenvalue weighted by Gasteiger charge is 2.77. The molecule has 1 saturated carbocycles. The van der Waals surface area contributed by atoms with E-state index in [0.717, 1.165) is 10.6 Å². The maximum atomic E-state index is 15.3. The van der Waals surface area contributed by atoms with E-state index in [9.17, 15) is 37.5 Å². The number of alkyl halides is 2. The zero-order valence-electron chi connectivity index (χ0n) is 27.6.